The van der Waals surface area contributed by atoms with Crippen LogP contribution in [0.1, 0.15) is 11.3 Å². The average Bonchev–Trinajstić information content (AvgIpc) is 2.18. The van der Waals surface area contributed by atoms with E-state index in [4.69, 9.17) is 0 Å². The maximum atomic E-state index is 4.46. The van der Waals surface area contributed by atoms with E-state index in [0.717, 1.165) is 17.0 Å². The molecule has 0 amide bonds. The van der Waals surface area contributed by atoms with Crippen molar-refractivity contribution in [2.45, 2.75) is 13.8 Å². The van der Waals surface area contributed by atoms with Crippen molar-refractivity contribution < 1.29 is 0 Å². The van der Waals surface area contributed by atoms with Crippen molar-refractivity contribution in [3.63, 3.8) is 0 Å². The van der Waals surface area contributed by atoms with Gasteiger partial charge >= 0.3 is 0 Å². The van der Waals surface area contributed by atoms with Crippen LogP contribution < -0.4 is 0 Å². The second-order valence-electron chi connectivity index (χ2n) is 3.35. The molecule has 0 fully saturated rings. The van der Waals surface area contributed by atoms with Crippen LogP contribution in [0.25, 0.3) is 11.3 Å². The summed E-state index contributed by atoms with van der Waals surface area (Å²) < 4.78 is 0. The molecular formula is C12H12N2. The molecule has 0 aliphatic carbocycles. The molecule has 0 aliphatic rings. The van der Waals surface area contributed by atoms with Gasteiger partial charge in [0.2, 0.25) is 0 Å². The predicted octanol–water partition coefficient (Wildman–Crippen LogP) is 2.76. The molecule has 2 nitrogen and oxygen atoms in total. The topological polar surface area (TPSA) is 25.8 Å². The van der Waals surface area contributed by atoms with Gasteiger partial charge in [-0.3, -0.25) is 9.97 Å². The molecule has 0 bridgehead atoms. The molecule has 0 aliphatic heterocycles. The molecule has 0 spiro atoms. The number of hydrogen-bond donors (Lipinski definition) is 0. The van der Waals surface area contributed by atoms with Crippen LogP contribution in [0.5, 0.6) is 0 Å². The summed E-state index contributed by atoms with van der Waals surface area (Å²) >= 11 is 0. The van der Waals surface area contributed by atoms with Crippen molar-refractivity contribution in [1.82, 2.24) is 9.97 Å². The van der Waals surface area contributed by atoms with E-state index in [1.165, 1.54) is 5.56 Å². The van der Waals surface area contributed by atoms with E-state index < -0.39 is 0 Å². The van der Waals surface area contributed by atoms with Crippen molar-refractivity contribution in [2.75, 3.05) is 0 Å². The highest BCUT2D eigenvalue weighted by atomic mass is 14.7. The summed E-state index contributed by atoms with van der Waals surface area (Å²) in [5.74, 6) is 0. The Balaban J connectivity index is 2.55. The maximum absolute atomic E-state index is 4.46. The number of pyridine rings is 2. The molecule has 0 radical (unpaired) electrons. The molecule has 0 saturated carbocycles. The lowest BCUT2D eigenvalue weighted by molar-refractivity contribution is 1.18. The minimum absolute atomic E-state index is 0.996. The van der Waals surface area contributed by atoms with Crippen molar-refractivity contribution in [3.05, 3.63) is 47.9 Å². The van der Waals surface area contributed by atoms with E-state index in [0.29, 0.717) is 0 Å². The Bertz CT molecular complexity index is 450. The molecule has 2 heteroatoms. The first-order chi connectivity index (χ1) is 6.77. The predicted molar refractivity (Wildman–Crippen MR) is 56.9 cm³/mol. The SMILES string of the molecule is Cc1cccc(-c2cnccc2C)n1. The zero-order valence-electron chi connectivity index (χ0n) is 8.36. The molecule has 0 saturated heterocycles. The highest BCUT2D eigenvalue weighted by Gasteiger charge is 2.02. The standard InChI is InChI=1S/C12H12N2/c1-9-6-7-13-8-11(9)12-5-3-4-10(2)14-12/h3-8H,1-2H3. The Morgan fingerprint density at radius 3 is 2.64 bits per heavy atom. The van der Waals surface area contributed by atoms with Crippen molar-refractivity contribution in [3.8, 4) is 11.3 Å². The monoisotopic (exact) mass is 184 g/mol. The molecule has 0 aromatic carbocycles. The highest BCUT2D eigenvalue weighted by Crippen LogP contribution is 2.19. The summed E-state index contributed by atoms with van der Waals surface area (Å²) in [5, 5.41) is 0. The van der Waals surface area contributed by atoms with Crippen LogP contribution in [0.15, 0.2) is 36.7 Å². The van der Waals surface area contributed by atoms with Gasteiger partial charge in [0.1, 0.15) is 0 Å². The van der Waals surface area contributed by atoms with Gasteiger partial charge in [-0.1, -0.05) is 6.07 Å². The molecule has 0 N–H and O–H groups in total. The smallest absolute Gasteiger partial charge is 0.0723 e. The first kappa shape index (κ1) is 8.88. The van der Waals surface area contributed by atoms with E-state index >= 15 is 0 Å². The maximum Gasteiger partial charge on any atom is 0.0723 e. The molecule has 0 unspecified atom stereocenters. The summed E-state index contributed by atoms with van der Waals surface area (Å²) in [6.45, 7) is 4.07. The molecule has 2 aromatic rings. The third-order valence-corrected chi connectivity index (χ3v) is 2.20. The summed E-state index contributed by atoms with van der Waals surface area (Å²) in [6, 6.07) is 8.02. The second-order valence-corrected chi connectivity index (χ2v) is 3.35. The minimum atomic E-state index is 0.996. The molecule has 2 heterocycles. The molecule has 70 valence electrons. The molecule has 0 atom stereocenters. The highest BCUT2D eigenvalue weighted by molar-refractivity contribution is 5.61. The first-order valence-corrected chi connectivity index (χ1v) is 4.62. The molecule has 14 heavy (non-hydrogen) atoms. The summed E-state index contributed by atoms with van der Waals surface area (Å²) in [7, 11) is 0. The minimum Gasteiger partial charge on any atom is -0.264 e. The van der Waals surface area contributed by atoms with E-state index in [-0.39, 0.29) is 0 Å². The lowest BCUT2D eigenvalue weighted by atomic mass is 10.1. The summed E-state index contributed by atoms with van der Waals surface area (Å²) in [4.78, 5) is 8.58. The Morgan fingerprint density at radius 2 is 1.93 bits per heavy atom. The van der Waals surface area contributed by atoms with Gasteiger partial charge in [-0.05, 0) is 37.6 Å². The van der Waals surface area contributed by atoms with Gasteiger partial charge in [0.25, 0.3) is 0 Å². The fourth-order valence-corrected chi connectivity index (χ4v) is 1.43. The van der Waals surface area contributed by atoms with E-state index in [2.05, 4.69) is 16.9 Å². The Kier molecular flexibility index (Phi) is 2.27. The van der Waals surface area contributed by atoms with Gasteiger partial charge in [0, 0.05) is 23.7 Å². The third-order valence-electron chi connectivity index (χ3n) is 2.20. The largest absolute Gasteiger partial charge is 0.264 e. The zero-order chi connectivity index (χ0) is 9.97. The van der Waals surface area contributed by atoms with E-state index in [9.17, 15) is 0 Å². The van der Waals surface area contributed by atoms with Crippen LogP contribution in [0.4, 0.5) is 0 Å². The van der Waals surface area contributed by atoms with Crippen LogP contribution in [0.2, 0.25) is 0 Å². The number of hydrogen-bond acceptors (Lipinski definition) is 2. The fourth-order valence-electron chi connectivity index (χ4n) is 1.43. The van der Waals surface area contributed by atoms with Crippen LogP contribution >= 0.6 is 0 Å². The number of aromatic nitrogens is 2. The zero-order valence-corrected chi connectivity index (χ0v) is 8.36. The third kappa shape index (κ3) is 1.64. The fraction of sp³-hybridized carbons (Fsp3) is 0.167. The van der Waals surface area contributed by atoms with Gasteiger partial charge in [0.05, 0.1) is 5.69 Å². The number of rotatable bonds is 1. The molecule has 2 rings (SSSR count). The lowest BCUT2D eigenvalue weighted by Gasteiger charge is -2.04. The van der Waals surface area contributed by atoms with Gasteiger partial charge < -0.3 is 0 Å². The van der Waals surface area contributed by atoms with Gasteiger partial charge in [0.15, 0.2) is 0 Å². The van der Waals surface area contributed by atoms with Crippen molar-refractivity contribution in [2.24, 2.45) is 0 Å². The Labute approximate surface area is 83.7 Å². The van der Waals surface area contributed by atoms with Crippen LogP contribution in [0.3, 0.4) is 0 Å². The van der Waals surface area contributed by atoms with E-state index in [1.54, 1.807) is 6.20 Å². The second kappa shape index (κ2) is 3.58. The molecular weight excluding hydrogens is 172 g/mol. The Morgan fingerprint density at radius 1 is 1.07 bits per heavy atom. The van der Waals surface area contributed by atoms with Gasteiger partial charge in [-0.2, -0.15) is 0 Å². The number of nitrogens with zero attached hydrogens (tertiary/aromatic N) is 2. The first-order valence-electron chi connectivity index (χ1n) is 4.62. The van der Waals surface area contributed by atoms with Gasteiger partial charge in [-0.25, -0.2) is 0 Å². The van der Waals surface area contributed by atoms with Crippen LogP contribution in [-0.2, 0) is 0 Å². The van der Waals surface area contributed by atoms with Gasteiger partial charge in [-0.15, -0.1) is 0 Å². The lowest BCUT2D eigenvalue weighted by Crippen LogP contribution is -1.89. The van der Waals surface area contributed by atoms with Crippen molar-refractivity contribution >= 4 is 0 Å². The quantitative estimate of drug-likeness (QED) is 0.681. The molecule has 2 aromatic heterocycles. The van der Waals surface area contributed by atoms with Crippen LogP contribution in [0, 0.1) is 13.8 Å². The number of aryl methyl sites for hydroxylation is 2. The summed E-state index contributed by atoms with van der Waals surface area (Å²) in [5.41, 5.74) is 4.34. The summed E-state index contributed by atoms with van der Waals surface area (Å²) in [6.07, 6.45) is 3.66. The van der Waals surface area contributed by atoms with Crippen LogP contribution in [-0.4, -0.2) is 9.97 Å². The van der Waals surface area contributed by atoms with Crippen molar-refractivity contribution in [1.29, 1.82) is 0 Å². The normalized spacial score (nSPS) is 10.1. The average molecular weight is 184 g/mol. The van der Waals surface area contributed by atoms with E-state index in [1.807, 2.05) is 37.4 Å². The Hall–Kier alpha value is -1.70.